The number of fused-ring (bicyclic) bond motifs is 1. The molecule has 2 heterocycles. The van der Waals surface area contributed by atoms with E-state index in [1.165, 1.54) is 11.3 Å². The molecule has 0 fully saturated rings. The van der Waals surface area contributed by atoms with Crippen molar-refractivity contribution in [3.05, 3.63) is 41.0 Å². The summed E-state index contributed by atoms with van der Waals surface area (Å²) in [7, 11) is 0. The van der Waals surface area contributed by atoms with Crippen LogP contribution in [0.25, 0.3) is 10.9 Å². The van der Waals surface area contributed by atoms with Gasteiger partial charge in [-0.15, -0.1) is 10.2 Å². The second-order valence-electron chi connectivity index (χ2n) is 6.26. The van der Waals surface area contributed by atoms with Gasteiger partial charge >= 0.3 is 0 Å². The Morgan fingerprint density at radius 2 is 2.08 bits per heavy atom. The molecule has 4 N–H and O–H groups in total. The minimum absolute atomic E-state index is 0.243. The summed E-state index contributed by atoms with van der Waals surface area (Å²) in [4.78, 5) is 15.5. The number of hydrogen-bond donors (Lipinski definition) is 3. The molecule has 6 nitrogen and oxygen atoms in total. The molecule has 3 rings (SSSR count). The molecule has 7 heteroatoms. The number of benzene rings is 1. The van der Waals surface area contributed by atoms with E-state index in [2.05, 4.69) is 34.3 Å². The number of H-pyrrole nitrogens is 1. The van der Waals surface area contributed by atoms with E-state index < -0.39 is 6.04 Å². The molecule has 1 amide bonds. The van der Waals surface area contributed by atoms with Crippen molar-refractivity contribution in [2.75, 3.05) is 5.32 Å². The van der Waals surface area contributed by atoms with Gasteiger partial charge in [0.1, 0.15) is 5.01 Å². The first-order valence-electron chi connectivity index (χ1n) is 7.96. The van der Waals surface area contributed by atoms with E-state index in [-0.39, 0.29) is 5.91 Å². The quantitative estimate of drug-likeness (QED) is 0.641. The van der Waals surface area contributed by atoms with E-state index in [9.17, 15) is 4.79 Å². The molecule has 2 aromatic heterocycles. The van der Waals surface area contributed by atoms with Crippen LogP contribution in [0, 0.1) is 5.92 Å². The molecule has 1 aromatic carbocycles. The maximum Gasteiger partial charge on any atom is 0.243 e. The SMILES string of the molecule is CC(C)Cc1nnc(NC(=O)[C@@H](N)Cc2c[nH]c3ccccc23)s1. The molecule has 0 saturated heterocycles. The third-order valence-electron chi connectivity index (χ3n) is 3.73. The fourth-order valence-corrected chi connectivity index (χ4v) is 3.52. The number of anilines is 1. The molecule has 0 bridgehead atoms. The van der Waals surface area contributed by atoms with Crippen LogP contribution in [0.1, 0.15) is 24.4 Å². The van der Waals surface area contributed by atoms with Crippen molar-refractivity contribution in [2.24, 2.45) is 11.7 Å². The minimum Gasteiger partial charge on any atom is -0.361 e. The largest absolute Gasteiger partial charge is 0.361 e. The van der Waals surface area contributed by atoms with Gasteiger partial charge in [-0.05, 0) is 24.0 Å². The zero-order valence-corrected chi connectivity index (χ0v) is 14.6. The molecule has 0 unspecified atom stereocenters. The Morgan fingerprint density at radius 1 is 1.29 bits per heavy atom. The number of nitrogens with zero attached hydrogens (tertiary/aromatic N) is 2. The lowest BCUT2D eigenvalue weighted by Crippen LogP contribution is -2.37. The summed E-state index contributed by atoms with van der Waals surface area (Å²) in [6, 6.07) is 7.33. The van der Waals surface area contributed by atoms with Crippen molar-refractivity contribution >= 4 is 33.3 Å². The standard InChI is InChI=1S/C17H21N5OS/c1-10(2)7-15-21-22-17(24-15)20-16(23)13(18)8-11-9-19-14-6-4-3-5-12(11)14/h3-6,9-10,13,19H,7-8,18H2,1-2H3,(H,20,22,23)/t13-/m0/s1. The van der Waals surface area contributed by atoms with Crippen molar-refractivity contribution in [3.63, 3.8) is 0 Å². The molecule has 0 aliphatic carbocycles. The van der Waals surface area contributed by atoms with Crippen molar-refractivity contribution in [1.82, 2.24) is 15.2 Å². The Bertz CT molecular complexity index is 838. The highest BCUT2D eigenvalue weighted by atomic mass is 32.1. The number of carbonyl (C=O) groups excluding carboxylic acids is 1. The number of carbonyl (C=O) groups is 1. The molecular formula is C17H21N5OS. The Morgan fingerprint density at radius 3 is 2.88 bits per heavy atom. The van der Waals surface area contributed by atoms with Gasteiger partial charge in [0, 0.05) is 23.5 Å². The number of aromatic amines is 1. The Hall–Kier alpha value is -2.25. The molecule has 0 radical (unpaired) electrons. The van der Waals surface area contributed by atoms with Crippen molar-refractivity contribution in [3.8, 4) is 0 Å². The van der Waals surface area contributed by atoms with Gasteiger partial charge in [0.15, 0.2) is 0 Å². The third kappa shape index (κ3) is 3.80. The summed E-state index contributed by atoms with van der Waals surface area (Å²) >= 11 is 1.40. The Kier molecular flexibility index (Phi) is 4.92. The van der Waals surface area contributed by atoms with Crippen LogP contribution in [0.4, 0.5) is 5.13 Å². The van der Waals surface area contributed by atoms with Gasteiger partial charge in [0.05, 0.1) is 6.04 Å². The van der Waals surface area contributed by atoms with E-state index >= 15 is 0 Å². The van der Waals surface area contributed by atoms with Crippen LogP contribution >= 0.6 is 11.3 Å². The van der Waals surface area contributed by atoms with Gasteiger partial charge in [-0.3, -0.25) is 10.1 Å². The zero-order valence-electron chi connectivity index (χ0n) is 13.7. The lowest BCUT2D eigenvalue weighted by Gasteiger charge is -2.09. The summed E-state index contributed by atoms with van der Waals surface area (Å²) in [6.07, 6.45) is 3.23. The molecule has 3 aromatic rings. The summed E-state index contributed by atoms with van der Waals surface area (Å²) in [5.74, 6) is 0.262. The third-order valence-corrected chi connectivity index (χ3v) is 4.59. The summed E-state index contributed by atoms with van der Waals surface area (Å²) in [6.45, 7) is 4.24. The number of rotatable bonds is 6. The number of amides is 1. The Balaban J connectivity index is 1.63. The van der Waals surface area contributed by atoms with Crippen molar-refractivity contribution in [2.45, 2.75) is 32.7 Å². The molecule has 0 aliphatic heterocycles. The first kappa shape index (κ1) is 16.6. The number of nitrogens with one attached hydrogen (secondary N) is 2. The van der Waals surface area contributed by atoms with Crippen LogP contribution < -0.4 is 11.1 Å². The predicted molar refractivity (Wildman–Crippen MR) is 97.1 cm³/mol. The van der Waals surface area contributed by atoms with Crippen LogP contribution in [-0.4, -0.2) is 27.1 Å². The maximum atomic E-state index is 12.3. The number of nitrogens with two attached hydrogens (primary N) is 1. The fraction of sp³-hybridized carbons (Fsp3) is 0.353. The van der Waals surface area contributed by atoms with Crippen LogP contribution in [0.15, 0.2) is 30.5 Å². The first-order chi connectivity index (χ1) is 11.5. The summed E-state index contributed by atoms with van der Waals surface area (Å²) in [5.41, 5.74) is 8.14. The topological polar surface area (TPSA) is 96.7 Å². The first-order valence-corrected chi connectivity index (χ1v) is 8.78. The highest BCUT2D eigenvalue weighted by Crippen LogP contribution is 2.20. The van der Waals surface area contributed by atoms with Gasteiger partial charge in [0.2, 0.25) is 11.0 Å². The molecule has 24 heavy (non-hydrogen) atoms. The molecule has 1 atom stereocenters. The monoisotopic (exact) mass is 343 g/mol. The summed E-state index contributed by atoms with van der Waals surface area (Å²) in [5, 5.41) is 13.4. The van der Waals surface area contributed by atoms with Gasteiger partial charge < -0.3 is 10.7 Å². The van der Waals surface area contributed by atoms with Crippen LogP contribution in [0.5, 0.6) is 0 Å². The van der Waals surface area contributed by atoms with Crippen LogP contribution in [-0.2, 0) is 17.6 Å². The van der Waals surface area contributed by atoms with Gasteiger partial charge in [-0.2, -0.15) is 0 Å². The highest BCUT2D eigenvalue weighted by molar-refractivity contribution is 7.15. The predicted octanol–water partition coefficient (Wildman–Crippen LogP) is 2.73. The van der Waals surface area contributed by atoms with E-state index in [0.717, 1.165) is 27.9 Å². The minimum atomic E-state index is -0.637. The molecule has 0 saturated carbocycles. The average molecular weight is 343 g/mol. The fourth-order valence-electron chi connectivity index (χ4n) is 2.56. The number of para-hydroxylation sites is 1. The summed E-state index contributed by atoms with van der Waals surface area (Å²) < 4.78 is 0. The van der Waals surface area contributed by atoms with Gasteiger partial charge in [-0.1, -0.05) is 43.4 Å². The average Bonchev–Trinajstić information content (AvgIpc) is 3.14. The second-order valence-corrected chi connectivity index (χ2v) is 7.32. The molecule has 126 valence electrons. The van der Waals surface area contributed by atoms with Gasteiger partial charge in [-0.25, -0.2) is 0 Å². The Labute approximate surface area is 144 Å². The normalized spacial score (nSPS) is 12.7. The van der Waals surface area contributed by atoms with E-state index in [1.54, 1.807) is 0 Å². The van der Waals surface area contributed by atoms with E-state index in [1.807, 2.05) is 30.5 Å². The maximum absolute atomic E-state index is 12.3. The number of aromatic nitrogens is 3. The van der Waals surface area contributed by atoms with Crippen molar-refractivity contribution in [1.29, 1.82) is 0 Å². The second kappa shape index (κ2) is 7.11. The lowest BCUT2D eigenvalue weighted by molar-refractivity contribution is -0.117. The van der Waals surface area contributed by atoms with E-state index in [4.69, 9.17) is 5.73 Å². The molecular weight excluding hydrogens is 322 g/mol. The number of hydrogen-bond acceptors (Lipinski definition) is 5. The van der Waals surface area contributed by atoms with E-state index in [0.29, 0.717) is 17.5 Å². The molecule has 0 spiro atoms. The highest BCUT2D eigenvalue weighted by Gasteiger charge is 2.18. The smallest absolute Gasteiger partial charge is 0.243 e. The zero-order chi connectivity index (χ0) is 17.1. The van der Waals surface area contributed by atoms with Crippen molar-refractivity contribution < 1.29 is 4.79 Å². The van der Waals surface area contributed by atoms with Crippen LogP contribution in [0.2, 0.25) is 0 Å². The van der Waals surface area contributed by atoms with Crippen LogP contribution in [0.3, 0.4) is 0 Å². The lowest BCUT2D eigenvalue weighted by atomic mass is 10.1. The molecule has 0 aliphatic rings. The van der Waals surface area contributed by atoms with Gasteiger partial charge in [0.25, 0.3) is 0 Å².